The second-order valence-electron chi connectivity index (χ2n) is 4.12. The van der Waals surface area contributed by atoms with Crippen LogP contribution in [-0.2, 0) is 15.0 Å². The predicted molar refractivity (Wildman–Crippen MR) is 53.6 cm³/mol. The summed E-state index contributed by atoms with van der Waals surface area (Å²) in [6.07, 6.45) is 0. The maximum Gasteiger partial charge on any atom is 0.275 e. The van der Waals surface area contributed by atoms with Gasteiger partial charge >= 0.3 is 0 Å². The molecule has 7 heteroatoms. The average Bonchev–Trinajstić information content (AvgIpc) is 1.78. The topological polar surface area (TPSA) is 101 Å². The van der Waals surface area contributed by atoms with Crippen molar-refractivity contribution in [1.29, 1.82) is 0 Å². The standard InChI is InChI=1S/C7H17N3O3S/c1-5(10-14(8,12)13)6(11)9-7(2,3)4/h5,10H,1-4H3,(H,9,11)(H2,8,12,13). The van der Waals surface area contributed by atoms with E-state index in [4.69, 9.17) is 5.14 Å². The average molecular weight is 223 g/mol. The molecule has 0 aliphatic rings. The van der Waals surface area contributed by atoms with E-state index in [2.05, 4.69) is 5.32 Å². The van der Waals surface area contributed by atoms with Crippen LogP contribution in [0.3, 0.4) is 0 Å². The zero-order valence-corrected chi connectivity index (χ0v) is 9.60. The van der Waals surface area contributed by atoms with Crippen molar-refractivity contribution in [2.45, 2.75) is 39.3 Å². The van der Waals surface area contributed by atoms with Crippen LogP contribution in [0.25, 0.3) is 0 Å². The quantitative estimate of drug-likeness (QED) is 0.577. The lowest BCUT2D eigenvalue weighted by molar-refractivity contribution is -0.123. The minimum absolute atomic E-state index is 0.397. The van der Waals surface area contributed by atoms with Gasteiger partial charge in [0, 0.05) is 5.54 Å². The van der Waals surface area contributed by atoms with Gasteiger partial charge in [-0.2, -0.15) is 13.1 Å². The summed E-state index contributed by atoms with van der Waals surface area (Å²) in [6, 6.07) is -0.871. The minimum atomic E-state index is -3.83. The van der Waals surface area contributed by atoms with Crippen LogP contribution in [0.15, 0.2) is 0 Å². The Labute approximate surface area is 84.4 Å². The second-order valence-corrected chi connectivity index (χ2v) is 5.45. The predicted octanol–water partition coefficient (Wildman–Crippen LogP) is -0.917. The number of amides is 1. The Hall–Kier alpha value is -0.660. The largest absolute Gasteiger partial charge is 0.350 e. The Kier molecular flexibility index (Phi) is 4.04. The Bertz CT molecular complexity index is 305. The number of carbonyl (C=O) groups excluding carboxylic acids is 1. The number of carbonyl (C=O) groups is 1. The molecule has 84 valence electrons. The SMILES string of the molecule is CC(NS(N)(=O)=O)C(=O)NC(C)(C)C. The molecule has 0 heterocycles. The van der Waals surface area contributed by atoms with Crippen LogP contribution >= 0.6 is 0 Å². The van der Waals surface area contributed by atoms with Crippen molar-refractivity contribution < 1.29 is 13.2 Å². The highest BCUT2D eigenvalue weighted by Crippen LogP contribution is 1.99. The molecule has 0 spiro atoms. The van der Waals surface area contributed by atoms with Gasteiger partial charge in [0.25, 0.3) is 10.2 Å². The molecule has 0 rings (SSSR count). The zero-order chi connectivity index (χ0) is 11.6. The lowest BCUT2D eigenvalue weighted by Gasteiger charge is -2.23. The van der Waals surface area contributed by atoms with Gasteiger partial charge in [-0.1, -0.05) is 0 Å². The number of hydrogen-bond acceptors (Lipinski definition) is 3. The molecule has 1 unspecified atom stereocenters. The van der Waals surface area contributed by atoms with Crippen LogP contribution in [0.1, 0.15) is 27.7 Å². The number of nitrogens with one attached hydrogen (secondary N) is 2. The van der Waals surface area contributed by atoms with E-state index in [9.17, 15) is 13.2 Å². The molecule has 0 saturated heterocycles. The first-order chi connectivity index (χ1) is 6.01. The van der Waals surface area contributed by atoms with Crippen molar-refractivity contribution in [3.05, 3.63) is 0 Å². The van der Waals surface area contributed by atoms with Crippen LogP contribution in [0.2, 0.25) is 0 Å². The molecule has 0 aromatic carbocycles. The third-order valence-electron chi connectivity index (χ3n) is 1.23. The van der Waals surface area contributed by atoms with Crippen LogP contribution in [0, 0.1) is 0 Å². The molecule has 6 nitrogen and oxygen atoms in total. The number of hydrogen-bond donors (Lipinski definition) is 3. The van der Waals surface area contributed by atoms with E-state index < -0.39 is 27.7 Å². The summed E-state index contributed by atoms with van der Waals surface area (Å²) in [7, 11) is -3.83. The van der Waals surface area contributed by atoms with Crippen LogP contribution in [0.4, 0.5) is 0 Å². The fourth-order valence-electron chi connectivity index (χ4n) is 0.778. The van der Waals surface area contributed by atoms with Gasteiger partial charge in [-0.25, -0.2) is 5.14 Å². The molecule has 1 amide bonds. The van der Waals surface area contributed by atoms with Gasteiger partial charge in [0.2, 0.25) is 5.91 Å². The molecule has 0 radical (unpaired) electrons. The molecule has 0 bridgehead atoms. The summed E-state index contributed by atoms with van der Waals surface area (Å²) in [4.78, 5) is 11.3. The maximum atomic E-state index is 11.3. The van der Waals surface area contributed by atoms with E-state index in [0.29, 0.717) is 0 Å². The summed E-state index contributed by atoms with van der Waals surface area (Å²) in [5.74, 6) is -0.411. The van der Waals surface area contributed by atoms with Crippen molar-refractivity contribution in [2.75, 3.05) is 0 Å². The fraction of sp³-hybridized carbons (Fsp3) is 0.857. The first-order valence-electron chi connectivity index (χ1n) is 4.13. The first kappa shape index (κ1) is 13.3. The molecule has 0 aromatic rings. The lowest BCUT2D eigenvalue weighted by atomic mass is 10.1. The first-order valence-corrected chi connectivity index (χ1v) is 5.68. The second kappa shape index (κ2) is 4.24. The van der Waals surface area contributed by atoms with Crippen molar-refractivity contribution in [3.8, 4) is 0 Å². The molecule has 0 aliphatic heterocycles. The molecule has 4 N–H and O–H groups in total. The molecular formula is C7H17N3O3S. The third kappa shape index (κ3) is 6.81. The lowest BCUT2D eigenvalue weighted by Crippen LogP contribution is -2.51. The van der Waals surface area contributed by atoms with Crippen LogP contribution < -0.4 is 15.2 Å². The van der Waals surface area contributed by atoms with Crippen molar-refractivity contribution in [2.24, 2.45) is 5.14 Å². The summed E-state index contributed by atoms with van der Waals surface area (Å²) in [5, 5.41) is 7.34. The maximum absolute atomic E-state index is 11.3. The van der Waals surface area contributed by atoms with Gasteiger partial charge in [-0.3, -0.25) is 4.79 Å². The Balaban J connectivity index is 4.29. The van der Waals surface area contributed by atoms with Crippen molar-refractivity contribution in [1.82, 2.24) is 10.0 Å². The van der Waals surface area contributed by atoms with Gasteiger partial charge in [-0.05, 0) is 27.7 Å². The summed E-state index contributed by atoms with van der Waals surface area (Å²) >= 11 is 0. The molecule has 14 heavy (non-hydrogen) atoms. The van der Waals surface area contributed by atoms with Crippen molar-refractivity contribution in [3.63, 3.8) is 0 Å². The number of nitrogens with two attached hydrogens (primary N) is 1. The van der Waals surface area contributed by atoms with E-state index in [1.54, 1.807) is 20.8 Å². The smallest absolute Gasteiger partial charge is 0.275 e. The van der Waals surface area contributed by atoms with Gasteiger partial charge in [-0.15, -0.1) is 0 Å². The molecular weight excluding hydrogens is 206 g/mol. The minimum Gasteiger partial charge on any atom is -0.350 e. The zero-order valence-electron chi connectivity index (χ0n) is 8.79. The van der Waals surface area contributed by atoms with Gasteiger partial charge in [0.15, 0.2) is 0 Å². The normalized spacial score (nSPS) is 14.9. The molecule has 0 saturated carbocycles. The summed E-state index contributed by atoms with van der Waals surface area (Å²) < 4.78 is 23.2. The number of rotatable bonds is 3. The van der Waals surface area contributed by atoms with E-state index in [-0.39, 0.29) is 0 Å². The van der Waals surface area contributed by atoms with Gasteiger partial charge < -0.3 is 5.32 Å². The summed E-state index contributed by atoms with van der Waals surface area (Å²) in [5.41, 5.74) is -0.397. The van der Waals surface area contributed by atoms with E-state index in [0.717, 1.165) is 0 Å². The van der Waals surface area contributed by atoms with E-state index in [1.165, 1.54) is 6.92 Å². The van der Waals surface area contributed by atoms with Crippen LogP contribution in [0.5, 0.6) is 0 Å². The fourth-order valence-corrected chi connectivity index (χ4v) is 1.38. The highest BCUT2D eigenvalue weighted by Gasteiger charge is 2.21. The highest BCUT2D eigenvalue weighted by atomic mass is 32.2. The van der Waals surface area contributed by atoms with Gasteiger partial charge in [0.1, 0.15) is 0 Å². The Morgan fingerprint density at radius 1 is 1.36 bits per heavy atom. The van der Waals surface area contributed by atoms with Crippen molar-refractivity contribution >= 4 is 16.1 Å². The monoisotopic (exact) mass is 223 g/mol. The van der Waals surface area contributed by atoms with E-state index >= 15 is 0 Å². The molecule has 1 atom stereocenters. The van der Waals surface area contributed by atoms with E-state index in [1.807, 2.05) is 4.72 Å². The third-order valence-corrected chi connectivity index (χ3v) is 1.91. The molecule has 0 fully saturated rings. The Morgan fingerprint density at radius 2 is 1.79 bits per heavy atom. The highest BCUT2D eigenvalue weighted by molar-refractivity contribution is 7.87. The molecule has 0 aliphatic carbocycles. The summed E-state index contributed by atoms with van der Waals surface area (Å²) in [6.45, 7) is 6.82. The van der Waals surface area contributed by atoms with Gasteiger partial charge in [0.05, 0.1) is 6.04 Å². The van der Waals surface area contributed by atoms with Crippen LogP contribution in [-0.4, -0.2) is 25.9 Å². The molecule has 0 aromatic heterocycles. The Morgan fingerprint density at radius 3 is 2.07 bits per heavy atom.